The molecule has 1 aliphatic heterocycles. The lowest BCUT2D eigenvalue weighted by atomic mass is 10.1. The van der Waals surface area contributed by atoms with Gasteiger partial charge in [-0.05, 0) is 54.3 Å². The molecule has 0 aliphatic carbocycles. The second kappa shape index (κ2) is 8.17. The molecule has 0 fully saturated rings. The molecule has 0 radical (unpaired) electrons. The fourth-order valence-electron chi connectivity index (χ4n) is 3.31. The molecule has 1 heterocycles. The number of anilines is 1. The van der Waals surface area contributed by atoms with Gasteiger partial charge < -0.3 is 15.5 Å². The third-order valence-electron chi connectivity index (χ3n) is 4.72. The normalized spacial score (nSPS) is 12.7. The molecule has 1 amide bonds. The van der Waals surface area contributed by atoms with Gasteiger partial charge in [-0.1, -0.05) is 25.1 Å². The summed E-state index contributed by atoms with van der Waals surface area (Å²) >= 11 is 0. The van der Waals surface area contributed by atoms with Crippen molar-refractivity contribution in [3.05, 3.63) is 64.7 Å². The van der Waals surface area contributed by atoms with Crippen LogP contribution in [0.5, 0.6) is 0 Å². The van der Waals surface area contributed by atoms with E-state index in [0.717, 1.165) is 38.2 Å². The summed E-state index contributed by atoms with van der Waals surface area (Å²) in [5.41, 5.74) is 5.73. The van der Waals surface area contributed by atoms with E-state index in [-0.39, 0.29) is 5.91 Å². The quantitative estimate of drug-likeness (QED) is 0.813. The maximum atomic E-state index is 12.4. The van der Waals surface area contributed by atoms with Gasteiger partial charge in [0, 0.05) is 44.0 Å². The van der Waals surface area contributed by atoms with Crippen LogP contribution in [-0.2, 0) is 19.6 Å². The van der Waals surface area contributed by atoms with Crippen molar-refractivity contribution in [1.29, 1.82) is 0 Å². The highest BCUT2D eigenvalue weighted by atomic mass is 16.1. The molecule has 0 unspecified atom stereocenters. The lowest BCUT2D eigenvalue weighted by molar-refractivity contribution is 0.0951. The van der Waals surface area contributed by atoms with Crippen molar-refractivity contribution in [3.8, 4) is 0 Å². The van der Waals surface area contributed by atoms with Crippen molar-refractivity contribution in [2.75, 3.05) is 18.0 Å². The average Bonchev–Trinajstić information content (AvgIpc) is 3.12. The molecule has 2 aromatic carbocycles. The van der Waals surface area contributed by atoms with Crippen LogP contribution in [0.3, 0.4) is 0 Å². The van der Waals surface area contributed by atoms with Crippen LogP contribution in [0.1, 0.15) is 47.3 Å². The van der Waals surface area contributed by atoms with Gasteiger partial charge in [-0.25, -0.2) is 0 Å². The van der Waals surface area contributed by atoms with E-state index in [9.17, 15) is 4.79 Å². The first kappa shape index (κ1) is 17.5. The molecule has 4 nitrogen and oxygen atoms in total. The van der Waals surface area contributed by atoms with Crippen LogP contribution < -0.4 is 15.5 Å². The number of benzene rings is 2. The smallest absolute Gasteiger partial charge is 0.251 e. The summed E-state index contributed by atoms with van der Waals surface area (Å²) in [6, 6.07) is 14.3. The second-order valence-corrected chi connectivity index (χ2v) is 6.52. The standard InChI is InChI=1S/C21H27N3O/c1-3-11-24(4-2)20-9-7-17(8-10-20)21(25)23-13-16-5-6-18-14-22-15-19(18)12-16/h5-10,12,22H,3-4,11,13-15H2,1-2H3,(H,23,25). The van der Waals surface area contributed by atoms with Gasteiger partial charge in [0.25, 0.3) is 5.91 Å². The van der Waals surface area contributed by atoms with Gasteiger partial charge in [-0.3, -0.25) is 4.79 Å². The molecule has 4 heteroatoms. The SMILES string of the molecule is CCCN(CC)c1ccc(C(=O)NCc2ccc3c(c2)CNC3)cc1. The van der Waals surface area contributed by atoms with Crippen LogP contribution in [0.4, 0.5) is 5.69 Å². The number of hydrogen-bond donors (Lipinski definition) is 2. The Morgan fingerprint density at radius 2 is 1.84 bits per heavy atom. The third-order valence-corrected chi connectivity index (χ3v) is 4.72. The molecule has 2 aromatic rings. The average molecular weight is 337 g/mol. The summed E-state index contributed by atoms with van der Waals surface area (Å²) in [6.07, 6.45) is 1.12. The zero-order valence-corrected chi connectivity index (χ0v) is 15.1. The fraction of sp³-hybridized carbons (Fsp3) is 0.381. The number of amides is 1. The van der Waals surface area contributed by atoms with E-state index in [0.29, 0.717) is 12.1 Å². The third kappa shape index (κ3) is 4.20. The molecule has 25 heavy (non-hydrogen) atoms. The second-order valence-electron chi connectivity index (χ2n) is 6.52. The molecule has 0 aromatic heterocycles. The lowest BCUT2D eigenvalue weighted by Gasteiger charge is -2.22. The monoisotopic (exact) mass is 337 g/mol. The van der Waals surface area contributed by atoms with E-state index in [1.807, 2.05) is 24.3 Å². The van der Waals surface area contributed by atoms with E-state index in [1.165, 1.54) is 16.8 Å². The fourth-order valence-corrected chi connectivity index (χ4v) is 3.31. The Labute approximate surface area is 150 Å². The van der Waals surface area contributed by atoms with Crippen LogP contribution in [0.2, 0.25) is 0 Å². The topological polar surface area (TPSA) is 44.4 Å². The summed E-state index contributed by atoms with van der Waals surface area (Å²) in [5, 5.41) is 6.36. The minimum atomic E-state index is -0.0243. The first-order valence-corrected chi connectivity index (χ1v) is 9.16. The number of carbonyl (C=O) groups excluding carboxylic acids is 1. The Balaban J connectivity index is 1.59. The number of hydrogen-bond acceptors (Lipinski definition) is 3. The Morgan fingerprint density at radius 3 is 2.56 bits per heavy atom. The molecular weight excluding hydrogens is 310 g/mol. The van der Waals surface area contributed by atoms with E-state index in [1.54, 1.807) is 0 Å². The van der Waals surface area contributed by atoms with Crippen LogP contribution in [0.25, 0.3) is 0 Å². The minimum Gasteiger partial charge on any atom is -0.372 e. The maximum absolute atomic E-state index is 12.4. The first-order valence-electron chi connectivity index (χ1n) is 9.16. The number of carbonyl (C=O) groups is 1. The van der Waals surface area contributed by atoms with Crippen molar-refractivity contribution >= 4 is 11.6 Å². The number of fused-ring (bicyclic) bond motifs is 1. The van der Waals surface area contributed by atoms with E-state index in [4.69, 9.17) is 0 Å². The summed E-state index contributed by atoms with van der Waals surface area (Å²) in [4.78, 5) is 14.7. The van der Waals surface area contributed by atoms with Crippen molar-refractivity contribution in [2.45, 2.75) is 39.9 Å². The largest absolute Gasteiger partial charge is 0.372 e. The predicted molar refractivity (Wildman–Crippen MR) is 103 cm³/mol. The summed E-state index contributed by atoms with van der Waals surface area (Å²) in [6.45, 7) is 8.78. The van der Waals surface area contributed by atoms with Gasteiger partial charge >= 0.3 is 0 Å². The molecule has 1 aliphatic rings. The number of rotatable bonds is 7. The van der Waals surface area contributed by atoms with Gasteiger partial charge in [-0.15, -0.1) is 0 Å². The van der Waals surface area contributed by atoms with Crippen LogP contribution >= 0.6 is 0 Å². The Morgan fingerprint density at radius 1 is 1.08 bits per heavy atom. The van der Waals surface area contributed by atoms with Crippen molar-refractivity contribution < 1.29 is 4.79 Å². The zero-order chi connectivity index (χ0) is 17.6. The maximum Gasteiger partial charge on any atom is 0.251 e. The van der Waals surface area contributed by atoms with Crippen LogP contribution in [-0.4, -0.2) is 19.0 Å². The molecule has 0 atom stereocenters. The van der Waals surface area contributed by atoms with Crippen LogP contribution in [0, 0.1) is 0 Å². The molecule has 2 N–H and O–H groups in total. The summed E-state index contributed by atoms with van der Waals surface area (Å²) in [7, 11) is 0. The molecule has 0 spiro atoms. The van der Waals surface area contributed by atoms with Gasteiger partial charge in [0.2, 0.25) is 0 Å². The molecule has 0 bridgehead atoms. The first-order chi connectivity index (χ1) is 12.2. The van der Waals surface area contributed by atoms with Crippen molar-refractivity contribution in [3.63, 3.8) is 0 Å². The zero-order valence-electron chi connectivity index (χ0n) is 15.1. The molecule has 0 saturated carbocycles. The number of nitrogens with one attached hydrogen (secondary N) is 2. The van der Waals surface area contributed by atoms with Gasteiger partial charge in [0.1, 0.15) is 0 Å². The van der Waals surface area contributed by atoms with Crippen LogP contribution in [0.15, 0.2) is 42.5 Å². The van der Waals surface area contributed by atoms with E-state index >= 15 is 0 Å². The number of nitrogens with zero attached hydrogens (tertiary/aromatic N) is 1. The summed E-state index contributed by atoms with van der Waals surface area (Å²) in [5.74, 6) is -0.0243. The highest BCUT2D eigenvalue weighted by Gasteiger charge is 2.11. The molecular formula is C21H27N3O. The Kier molecular flexibility index (Phi) is 5.71. The highest BCUT2D eigenvalue weighted by molar-refractivity contribution is 5.94. The summed E-state index contributed by atoms with van der Waals surface area (Å²) < 4.78 is 0. The molecule has 0 saturated heterocycles. The van der Waals surface area contributed by atoms with E-state index < -0.39 is 0 Å². The highest BCUT2D eigenvalue weighted by Crippen LogP contribution is 2.18. The van der Waals surface area contributed by atoms with Gasteiger partial charge in [0.05, 0.1) is 0 Å². The lowest BCUT2D eigenvalue weighted by Crippen LogP contribution is -2.24. The minimum absolute atomic E-state index is 0.0243. The van der Waals surface area contributed by atoms with Gasteiger partial charge in [-0.2, -0.15) is 0 Å². The van der Waals surface area contributed by atoms with Gasteiger partial charge in [0.15, 0.2) is 0 Å². The Hall–Kier alpha value is -2.33. The van der Waals surface area contributed by atoms with Crippen molar-refractivity contribution in [1.82, 2.24) is 10.6 Å². The predicted octanol–water partition coefficient (Wildman–Crippen LogP) is 3.46. The molecule has 132 valence electrons. The van der Waals surface area contributed by atoms with Crippen molar-refractivity contribution in [2.24, 2.45) is 0 Å². The van der Waals surface area contributed by atoms with E-state index in [2.05, 4.69) is 47.6 Å². The molecule has 3 rings (SSSR count). The Bertz CT molecular complexity index is 724.